The maximum absolute atomic E-state index is 13.8. The second kappa shape index (κ2) is 6.57. The fourth-order valence-electron chi connectivity index (χ4n) is 2.62. The largest absolute Gasteiger partial charge is 0.489 e. The maximum atomic E-state index is 13.8. The van der Waals surface area contributed by atoms with E-state index in [-0.39, 0.29) is 12.4 Å². The van der Waals surface area contributed by atoms with Gasteiger partial charge in [0.2, 0.25) is 0 Å². The highest BCUT2D eigenvalue weighted by atomic mass is 35.5. The summed E-state index contributed by atoms with van der Waals surface area (Å²) in [4.78, 5) is 7.87. The molecule has 0 aliphatic rings. The molecule has 4 aromatic rings. The van der Waals surface area contributed by atoms with E-state index in [0.717, 1.165) is 22.4 Å². The Morgan fingerprint density at radius 3 is 2.72 bits per heavy atom. The second-order valence-corrected chi connectivity index (χ2v) is 6.09. The van der Waals surface area contributed by atoms with Gasteiger partial charge in [0.1, 0.15) is 24.0 Å². The summed E-state index contributed by atoms with van der Waals surface area (Å²) in [5.41, 5.74) is 3.25. The van der Waals surface area contributed by atoms with Crippen molar-refractivity contribution in [2.24, 2.45) is 0 Å². The average Bonchev–Trinajstić information content (AvgIpc) is 3.05. The first-order valence-corrected chi connectivity index (χ1v) is 8.19. The third-order valence-electron chi connectivity index (χ3n) is 3.91. The molecule has 0 aliphatic heterocycles. The van der Waals surface area contributed by atoms with Crippen LogP contribution in [0.15, 0.2) is 66.7 Å². The van der Waals surface area contributed by atoms with Gasteiger partial charge in [0.15, 0.2) is 0 Å². The van der Waals surface area contributed by atoms with E-state index in [1.54, 1.807) is 12.1 Å². The molecule has 25 heavy (non-hydrogen) atoms. The Morgan fingerprint density at radius 2 is 1.88 bits per heavy atom. The number of para-hydroxylation sites is 2. The summed E-state index contributed by atoms with van der Waals surface area (Å²) in [7, 11) is 0. The molecule has 0 aliphatic carbocycles. The number of imidazole rings is 1. The molecule has 3 aromatic carbocycles. The first-order valence-electron chi connectivity index (χ1n) is 7.81. The Balaban J connectivity index is 1.56. The molecule has 0 unspecified atom stereocenters. The van der Waals surface area contributed by atoms with Crippen LogP contribution < -0.4 is 4.74 Å². The van der Waals surface area contributed by atoms with Crippen molar-refractivity contribution in [3.63, 3.8) is 0 Å². The molecule has 0 saturated carbocycles. The van der Waals surface area contributed by atoms with E-state index in [9.17, 15) is 4.39 Å². The van der Waals surface area contributed by atoms with Crippen LogP contribution in [-0.4, -0.2) is 9.97 Å². The lowest BCUT2D eigenvalue weighted by Crippen LogP contribution is -1.98. The molecule has 124 valence electrons. The van der Waals surface area contributed by atoms with Crippen LogP contribution in [0.5, 0.6) is 5.75 Å². The second-order valence-electron chi connectivity index (χ2n) is 5.65. The van der Waals surface area contributed by atoms with Gasteiger partial charge in [0, 0.05) is 16.1 Å². The number of halogens is 2. The normalized spacial score (nSPS) is 11.0. The number of H-pyrrole nitrogens is 1. The van der Waals surface area contributed by atoms with Crippen LogP contribution in [0.4, 0.5) is 4.39 Å². The average molecular weight is 353 g/mol. The number of nitrogens with one attached hydrogen (secondary N) is 1. The molecule has 0 radical (unpaired) electrons. The summed E-state index contributed by atoms with van der Waals surface area (Å²) < 4.78 is 19.6. The van der Waals surface area contributed by atoms with Crippen LogP contribution >= 0.6 is 11.6 Å². The minimum Gasteiger partial charge on any atom is -0.489 e. The fourth-order valence-corrected chi connectivity index (χ4v) is 2.78. The Hall–Kier alpha value is -2.85. The Morgan fingerprint density at radius 1 is 1.00 bits per heavy atom. The number of nitrogens with zero attached hydrogens (tertiary/aromatic N) is 1. The summed E-state index contributed by atoms with van der Waals surface area (Å²) in [6, 6.07) is 20.0. The van der Waals surface area contributed by atoms with Gasteiger partial charge in [-0.15, -0.1) is 0 Å². The first kappa shape index (κ1) is 15.7. The van der Waals surface area contributed by atoms with Gasteiger partial charge in [0.25, 0.3) is 0 Å². The predicted octanol–water partition coefficient (Wildman–Crippen LogP) is 5.60. The summed E-state index contributed by atoms with van der Waals surface area (Å²) >= 11 is 5.76. The third-order valence-corrected chi connectivity index (χ3v) is 4.14. The number of hydrogen-bond donors (Lipinski definition) is 1. The number of aromatic nitrogens is 2. The molecule has 5 heteroatoms. The number of hydrogen-bond acceptors (Lipinski definition) is 2. The summed E-state index contributed by atoms with van der Waals surface area (Å²) in [5, 5.41) is 0.369. The number of fused-ring (bicyclic) bond motifs is 1. The van der Waals surface area contributed by atoms with Crippen molar-refractivity contribution in [3.05, 3.63) is 83.1 Å². The molecule has 0 spiro atoms. The van der Waals surface area contributed by atoms with Crippen molar-refractivity contribution in [1.82, 2.24) is 9.97 Å². The van der Waals surface area contributed by atoms with E-state index in [2.05, 4.69) is 9.97 Å². The third kappa shape index (κ3) is 3.35. The lowest BCUT2D eigenvalue weighted by molar-refractivity contribution is 0.300. The fraction of sp³-hybridized carbons (Fsp3) is 0.0500. The molecular formula is C20H14ClFN2O. The number of rotatable bonds is 4. The van der Waals surface area contributed by atoms with E-state index in [1.165, 1.54) is 6.07 Å². The zero-order valence-electron chi connectivity index (χ0n) is 13.2. The van der Waals surface area contributed by atoms with Gasteiger partial charge in [-0.2, -0.15) is 0 Å². The van der Waals surface area contributed by atoms with Gasteiger partial charge in [-0.25, -0.2) is 9.37 Å². The van der Waals surface area contributed by atoms with Crippen molar-refractivity contribution in [2.45, 2.75) is 6.61 Å². The van der Waals surface area contributed by atoms with Gasteiger partial charge in [0.05, 0.1) is 11.0 Å². The van der Waals surface area contributed by atoms with E-state index < -0.39 is 0 Å². The maximum Gasteiger partial charge on any atom is 0.138 e. The minimum atomic E-state index is -0.374. The Bertz CT molecular complexity index is 1010. The SMILES string of the molecule is Fc1cc(Cl)ccc1COc1cccc(-c2nc3ccccc3[nH]2)c1. The highest BCUT2D eigenvalue weighted by Gasteiger charge is 2.07. The molecule has 0 amide bonds. The number of benzene rings is 3. The highest BCUT2D eigenvalue weighted by Crippen LogP contribution is 2.25. The molecule has 1 heterocycles. The standard InChI is InChI=1S/C20H14ClFN2O/c21-15-9-8-14(17(22)11-15)12-25-16-5-3-4-13(10-16)20-23-18-6-1-2-7-19(18)24-20/h1-11H,12H2,(H,23,24). The van der Waals surface area contributed by atoms with Crippen LogP contribution in [0.3, 0.4) is 0 Å². The van der Waals surface area contributed by atoms with Gasteiger partial charge >= 0.3 is 0 Å². The van der Waals surface area contributed by atoms with Gasteiger partial charge in [-0.05, 0) is 36.4 Å². The molecular weight excluding hydrogens is 339 g/mol. The molecule has 0 bridgehead atoms. The smallest absolute Gasteiger partial charge is 0.138 e. The van der Waals surface area contributed by atoms with E-state index in [1.807, 2.05) is 48.5 Å². The summed E-state index contributed by atoms with van der Waals surface area (Å²) in [6.45, 7) is 0.132. The molecule has 4 rings (SSSR count). The molecule has 1 aromatic heterocycles. The van der Waals surface area contributed by atoms with Crippen LogP contribution in [-0.2, 0) is 6.61 Å². The van der Waals surface area contributed by atoms with Crippen molar-refractivity contribution in [3.8, 4) is 17.1 Å². The molecule has 0 saturated heterocycles. The topological polar surface area (TPSA) is 37.9 Å². The zero-order chi connectivity index (χ0) is 17.2. The number of aromatic amines is 1. The Kier molecular flexibility index (Phi) is 4.12. The lowest BCUT2D eigenvalue weighted by atomic mass is 10.2. The summed E-state index contributed by atoms with van der Waals surface area (Å²) in [6.07, 6.45) is 0. The molecule has 0 fully saturated rings. The van der Waals surface area contributed by atoms with Crippen LogP contribution in [0, 0.1) is 5.82 Å². The number of ether oxygens (including phenoxy) is 1. The van der Waals surface area contributed by atoms with Crippen LogP contribution in [0.25, 0.3) is 22.4 Å². The van der Waals surface area contributed by atoms with Gasteiger partial charge in [-0.3, -0.25) is 0 Å². The predicted molar refractivity (Wildman–Crippen MR) is 97.3 cm³/mol. The van der Waals surface area contributed by atoms with Gasteiger partial charge < -0.3 is 9.72 Å². The molecule has 0 atom stereocenters. The monoisotopic (exact) mass is 352 g/mol. The quantitative estimate of drug-likeness (QED) is 0.519. The van der Waals surface area contributed by atoms with E-state index in [0.29, 0.717) is 16.3 Å². The van der Waals surface area contributed by atoms with Crippen molar-refractivity contribution < 1.29 is 9.13 Å². The minimum absolute atomic E-state index is 0.132. The molecule has 1 N–H and O–H groups in total. The van der Waals surface area contributed by atoms with Crippen molar-refractivity contribution >= 4 is 22.6 Å². The van der Waals surface area contributed by atoms with Crippen molar-refractivity contribution in [2.75, 3.05) is 0 Å². The Labute approximate surface area is 149 Å². The van der Waals surface area contributed by atoms with E-state index >= 15 is 0 Å². The summed E-state index contributed by atoms with van der Waals surface area (Å²) in [5.74, 6) is 1.04. The highest BCUT2D eigenvalue weighted by molar-refractivity contribution is 6.30. The van der Waals surface area contributed by atoms with Crippen LogP contribution in [0.1, 0.15) is 5.56 Å². The first-order chi connectivity index (χ1) is 12.2. The molecule has 3 nitrogen and oxygen atoms in total. The van der Waals surface area contributed by atoms with Gasteiger partial charge in [-0.1, -0.05) is 41.9 Å². The van der Waals surface area contributed by atoms with Crippen molar-refractivity contribution in [1.29, 1.82) is 0 Å². The van der Waals surface area contributed by atoms with E-state index in [4.69, 9.17) is 16.3 Å². The zero-order valence-corrected chi connectivity index (χ0v) is 13.9. The lowest BCUT2D eigenvalue weighted by Gasteiger charge is -2.08. The van der Waals surface area contributed by atoms with Crippen LogP contribution in [0.2, 0.25) is 5.02 Å².